The number of carbonyl (C=O) groups is 1. The summed E-state index contributed by atoms with van der Waals surface area (Å²) in [7, 11) is 1.48. The zero-order valence-corrected chi connectivity index (χ0v) is 16.9. The number of aliphatic imine (C=N–C) groups is 1. The number of ether oxygens (including phenoxy) is 3. The Hall–Kier alpha value is -3.65. The number of nitro benzene ring substituents is 1. The molecule has 2 aromatic rings. The van der Waals surface area contributed by atoms with E-state index in [-0.39, 0.29) is 23.9 Å². The highest BCUT2D eigenvalue weighted by Crippen LogP contribution is 2.37. The fraction of sp³-hybridized carbons (Fsp3) is 0.143. The second kappa shape index (κ2) is 8.79. The lowest BCUT2D eigenvalue weighted by molar-refractivity contribution is -0.384. The maximum Gasteiger partial charge on any atom is 0.363 e. The number of cyclic esters (lactones) is 1. The van der Waals surface area contributed by atoms with Crippen molar-refractivity contribution >= 4 is 35.2 Å². The number of rotatable bonds is 7. The minimum atomic E-state index is -0.652. The van der Waals surface area contributed by atoms with Gasteiger partial charge in [0, 0.05) is 17.7 Å². The Bertz CT molecular complexity index is 1090. The average molecular weight is 429 g/mol. The molecule has 0 N–H and O–H groups in total. The zero-order valence-electron chi connectivity index (χ0n) is 16.2. The highest BCUT2D eigenvalue weighted by atomic mass is 35.5. The summed E-state index contributed by atoms with van der Waals surface area (Å²) in [5.41, 5.74) is 1.80. The van der Waals surface area contributed by atoms with Crippen LogP contribution in [0.15, 0.2) is 59.2 Å². The number of nitrogens with zero attached hydrogens (tertiary/aromatic N) is 2. The van der Waals surface area contributed by atoms with Crippen LogP contribution in [0.5, 0.6) is 11.5 Å². The number of non-ortho nitro benzene ring substituents is 1. The van der Waals surface area contributed by atoms with Gasteiger partial charge in [-0.15, -0.1) is 0 Å². The van der Waals surface area contributed by atoms with Crippen LogP contribution < -0.4 is 9.47 Å². The highest BCUT2D eigenvalue weighted by Gasteiger charge is 2.25. The van der Waals surface area contributed by atoms with E-state index in [1.165, 1.54) is 37.5 Å². The van der Waals surface area contributed by atoms with Gasteiger partial charge in [0.2, 0.25) is 5.90 Å². The van der Waals surface area contributed by atoms with Crippen LogP contribution in [-0.4, -0.2) is 30.5 Å². The second-order valence-electron chi connectivity index (χ2n) is 6.42. The van der Waals surface area contributed by atoms with Crippen LogP contribution in [0.25, 0.3) is 6.08 Å². The standard InChI is InChI=1S/C21H17ClN2O6/c1-12(2)11-29-19-16(22)8-13(10-18(19)28-3)9-17-21(25)30-20(23-17)14-4-6-15(7-5-14)24(26)27/h4-10H,1,11H2,2-3H3/b17-9-. The van der Waals surface area contributed by atoms with E-state index in [0.717, 1.165) is 5.57 Å². The molecule has 1 aliphatic heterocycles. The third kappa shape index (κ3) is 4.66. The topological polar surface area (TPSA) is 100 Å². The summed E-state index contributed by atoms with van der Waals surface area (Å²) in [5, 5.41) is 11.1. The minimum absolute atomic E-state index is 0.0528. The molecule has 8 nitrogen and oxygen atoms in total. The summed E-state index contributed by atoms with van der Waals surface area (Å²) in [5.74, 6) is 0.164. The van der Waals surface area contributed by atoms with E-state index in [9.17, 15) is 14.9 Å². The molecule has 0 unspecified atom stereocenters. The van der Waals surface area contributed by atoms with Gasteiger partial charge in [-0.05, 0) is 48.4 Å². The first-order valence-electron chi connectivity index (χ1n) is 8.70. The van der Waals surface area contributed by atoms with Crippen LogP contribution in [0, 0.1) is 10.1 Å². The number of carbonyl (C=O) groups excluding carboxylic acids is 1. The molecule has 154 valence electrons. The van der Waals surface area contributed by atoms with Crippen LogP contribution >= 0.6 is 11.6 Å². The van der Waals surface area contributed by atoms with Crippen molar-refractivity contribution in [3.05, 3.63) is 80.5 Å². The quantitative estimate of drug-likeness (QED) is 0.211. The van der Waals surface area contributed by atoms with Gasteiger partial charge in [-0.1, -0.05) is 18.2 Å². The molecule has 1 heterocycles. The Kier molecular flexibility index (Phi) is 6.17. The average Bonchev–Trinajstić information content (AvgIpc) is 3.07. The van der Waals surface area contributed by atoms with E-state index < -0.39 is 10.9 Å². The molecule has 0 radical (unpaired) electrons. The number of hydrogen-bond donors (Lipinski definition) is 0. The lowest BCUT2D eigenvalue weighted by Crippen LogP contribution is -2.05. The van der Waals surface area contributed by atoms with Crippen LogP contribution in [-0.2, 0) is 9.53 Å². The largest absolute Gasteiger partial charge is 0.493 e. The molecule has 1 aliphatic rings. The van der Waals surface area contributed by atoms with E-state index in [1.807, 2.05) is 6.92 Å². The van der Waals surface area contributed by atoms with E-state index in [2.05, 4.69) is 11.6 Å². The maximum absolute atomic E-state index is 12.2. The fourth-order valence-corrected chi connectivity index (χ4v) is 2.85. The first-order valence-corrected chi connectivity index (χ1v) is 9.08. The minimum Gasteiger partial charge on any atom is -0.493 e. The molecule has 0 saturated carbocycles. The van der Waals surface area contributed by atoms with Gasteiger partial charge in [0.15, 0.2) is 17.2 Å². The Morgan fingerprint density at radius 2 is 2.03 bits per heavy atom. The highest BCUT2D eigenvalue weighted by molar-refractivity contribution is 6.32. The number of benzene rings is 2. The Labute approximate surface area is 177 Å². The molecule has 0 amide bonds. The van der Waals surface area contributed by atoms with Gasteiger partial charge in [-0.25, -0.2) is 9.79 Å². The number of nitro groups is 1. The van der Waals surface area contributed by atoms with Gasteiger partial charge >= 0.3 is 5.97 Å². The smallest absolute Gasteiger partial charge is 0.363 e. The van der Waals surface area contributed by atoms with Crippen molar-refractivity contribution in [2.45, 2.75) is 6.92 Å². The van der Waals surface area contributed by atoms with Crippen molar-refractivity contribution in [2.24, 2.45) is 4.99 Å². The lowest BCUT2D eigenvalue weighted by Gasteiger charge is -2.13. The summed E-state index contributed by atoms with van der Waals surface area (Å²) in [6.07, 6.45) is 1.50. The molecule has 0 fully saturated rings. The van der Waals surface area contributed by atoms with Crippen LogP contribution in [0.2, 0.25) is 5.02 Å². The normalized spacial score (nSPS) is 14.3. The Morgan fingerprint density at radius 1 is 1.33 bits per heavy atom. The summed E-state index contributed by atoms with van der Waals surface area (Å²) in [4.78, 5) is 26.6. The van der Waals surface area contributed by atoms with Crippen molar-refractivity contribution in [3.8, 4) is 11.5 Å². The van der Waals surface area contributed by atoms with Crippen molar-refractivity contribution in [2.75, 3.05) is 13.7 Å². The van der Waals surface area contributed by atoms with Crippen LogP contribution in [0.1, 0.15) is 18.1 Å². The van der Waals surface area contributed by atoms with Crippen LogP contribution in [0.4, 0.5) is 5.69 Å². The third-order valence-electron chi connectivity index (χ3n) is 3.96. The number of hydrogen-bond acceptors (Lipinski definition) is 7. The van der Waals surface area contributed by atoms with Crippen molar-refractivity contribution in [1.29, 1.82) is 0 Å². The summed E-state index contributed by atoms with van der Waals surface area (Å²) < 4.78 is 16.1. The molecule has 30 heavy (non-hydrogen) atoms. The monoisotopic (exact) mass is 428 g/mol. The molecule has 3 rings (SSSR count). The molecule has 0 atom stereocenters. The lowest BCUT2D eigenvalue weighted by atomic mass is 10.1. The summed E-state index contributed by atoms with van der Waals surface area (Å²) in [6.45, 7) is 5.89. The van der Waals surface area contributed by atoms with E-state index >= 15 is 0 Å². The van der Waals surface area contributed by atoms with Crippen molar-refractivity contribution in [3.63, 3.8) is 0 Å². The maximum atomic E-state index is 12.2. The van der Waals surface area contributed by atoms with Gasteiger partial charge in [0.1, 0.15) is 6.61 Å². The van der Waals surface area contributed by atoms with Gasteiger partial charge in [-0.2, -0.15) is 0 Å². The molecule has 0 bridgehead atoms. The Balaban J connectivity index is 1.90. The van der Waals surface area contributed by atoms with Gasteiger partial charge in [0.05, 0.1) is 17.1 Å². The Morgan fingerprint density at radius 3 is 2.63 bits per heavy atom. The summed E-state index contributed by atoms with van der Waals surface area (Å²) in [6, 6.07) is 8.79. The zero-order chi connectivity index (χ0) is 21.8. The van der Waals surface area contributed by atoms with E-state index in [4.69, 9.17) is 25.8 Å². The van der Waals surface area contributed by atoms with E-state index in [0.29, 0.717) is 27.6 Å². The molecular formula is C21H17ClN2O6. The molecule has 0 aromatic heterocycles. The van der Waals surface area contributed by atoms with Crippen molar-refractivity contribution in [1.82, 2.24) is 0 Å². The summed E-state index contributed by atoms with van der Waals surface area (Å²) >= 11 is 6.31. The van der Waals surface area contributed by atoms with Gasteiger partial charge in [-0.3, -0.25) is 10.1 Å². The number of esters is 1. The predicted molar refractivity (Wildman–Crippen MR) is 112 cm³/mol. The number of methoxy groups -OCH3 is 1. The van der Waals surface area contributed by atoms with Gasteiger partial charge < -0.3 is 14.2 Å². The number of halogens is 1. The van der Waals surface area contributed by atoms with Crippen LogP contribution in [0.3, 0.4) is 0 Å². The molecule has 0 spiro atoms. The third-order valence-corrected chi connectivity index (χ3v) is 4.24. The first kappa shape index (κ1) is 21.1. The predicted octanol–water partition coefficient (Wildman–Crippen LogP) is 4.56. The van der Waals surface area contributed by atoms with Crippen molar-refractivity contribution < 1.29 is 23.9 Å². The molecule has 0 aliphatic carbocycles. The SMILES string of the molecule is C=C(C)COc1c(Cl)cc(/C=C2\N=C(c3ccc([N+](=O)[O-])cc3)OC2=O)cc1OC. The van der Waals surface area contributed by atoms with E-state index in [1.54, 1.807) is 12.1 Å². The fourth-order valence-electron chi connectivity index (χ4n) is 2.57. The second-order valence-corrected chi connectivity index (χ2v) is 6.83. The first-order chi connectivity index (χ1) is 14.3. The molecule has 2 aromatic carbocycles. The van der Waals surface area contributed by atoms with Gasteiger partial charge in [0.25, 0.3) is 5.69 Å². The molecule has 0 saturated heterocycles. The molecule has 9 heteroatoms. The molecular weight excluding hydrogens is 412 g/mol.